The second kappa shape index (κ2) is 22.2. The quantitative estimate of drug-likeness (QED) is 0.144. The molecule has 5 rings (SSSR count). The number of carbonyl (C=O) groups excluding carboxylic acids is 2. The summed E-state index contributed by atoms with van der Waals surface area (Å²) >= 11 is 0. The SMILES string of the molecule is COc1cc2cc(c1O)CN1CC(CC3=CCNC(N)=C3)(CCNC(N)=NCSSCC(CCc3ccccc3)CCCCC(O)CC(OC(C)=O)CC2)CC1=O. The molecule has 0 radical (unpaired) electrons. The number of aliphatic hydroxyl groups is 1. The Labute approximate surface area is 346 Å². The molecule has 1 fully saturated rings. The van der Waals surface area contributed by atoms with E-state index >= 15 is 0 Å². The molecule has 3 aliphatic rings. The number of aliphatic hydroxyl groups excluding tert-OH is 1. The number of guanidine groups is 1. The molecule has 4 unspecified atom stereocenters. The Morgan fingerprint density at radius 2 is 1.91 bits per heavy atom. The van der Waals surface area contributed by atoms with Crippen LogP contribution in [0.5, 0.6) is 11.5 Å². The summed E-state index contributed by atoms with van der Waals surface area (Å²) in [4.78, 5) is 32.3. The van der Waals surface area contributed by atoms with Gasteiger partial charge in [-0.15, -0.1) is 0 Å². The van der Waals surface area contributed by atoms with E-state index in [1.807, 2.05) is 33.9 Å². The van der Waals surface area contributed by atoms with Crippen molar-refractivity contribution in [3.05, 3.63) is 82.7 Å². The third-order valence-electron chi connectivity index (χ3n) is 11.1. The van der Waals surface area contributed by atoms with Gasteiger partial charge in [-0.05, 0) is 86.1 Å². The number of aryl methyl sites for hydroxylation is 2. The number of fused-ring (bicyclic) bond motifs is 4. The van der Waals surface area contributed by atoms with Crippen LogP contribution in [0.25, 0.3) is 0 Å². The summed E-state index contributed by atoms with van der Waals surface area (Å²) in [5.41, 5.74) is 16.0. The maximum Gasteiger partial charge on any atom is 0.302 e. The van der Waals surface area contributed by atoms with E-state index in [1.165, 1.54) is 19.6 Å². The lowest BCUT2D eigenvalue weighted by Gasteiger charge is -2.31. The Morgan fingerprint density at radius 3 is 2.68 bits per heavy atom. The van der Waals surface area contributed by atoms with Crippen LogP contribution in [0.3, 0.4) is 0 Å². The second-order valence-corrected chi connectivity index (χ2v) is 18.2. The van der Waals surface area contributed by atoms with Crippen LogP contribution in [0, 0.1) is 11.3 Å². The lowest BCUT2D eigenvalue weighted by Crippen LogP contribution is -2.37. The van der Waals surface area contributed by atoms with Gasteiger partial charge >= 0.3 is 5.97 Å². The zero-order chi connectivity index (χ0) is 40.6. The van der Waals surface area contributed by atoms with Crippen LogP contribution in [0.15, 0.2) is 71.0 Å². The summed E-state index contributed by atoms with van der Waals surface area (Å²) in [6.45, 7) is 3.27. The summed E-state index contributed by atoms with van der Waals surface area (Å²) in [6, 6.07) is 14.3. The zero-order valence-electron chi connectivity index (χ0n) is 33.5. The van der Waals surface area contributed by atoms with E-state index in [4.69, 9.17) is 20.9 Å². The minimum absolute atomic E-state index is 0.00339. The fraction of sp³-hybridized carbons (Fsp3) is 0.558. The molecule has 12 nitrogen and oxygen atoms in total. The van der Waals surface area contributed by atoms with Gasteiger partial charge in [0.2, 0.25) is 5.91 Å². The number of ether oxygens (including phenoxy) is 2. The molecule has 0 aliphatic carbocycles. The number of amides is 1. The van der Waals surface area contributed by atoms with Crippen molar-refractivity contribution in [2.45, 2.75) is 103 Å². The highest BCUT2D eigenvalue weighted by atomic mass is 33.1. The van der Waals surface area contributed by atoms with Gasteiger partial charge in [-0.1, -0.05) is 76.9 Å². The molecule has 1 amide bonds. The molecule has 4 atom stereocenters. The first-order valence-corrected chi connectivity index (χ1v) is 22.7. The van der Waals surface area contributed by atoms with Gasteiger partial charge in [0, 0.05) is 62.7 Å². The number of nitrogens with zero attached hydrogens (tertiary/aromatic N) is 2. The molecule has 0 saturated carbocycles. The molecule has 3 heterocycles. The summed E-state index contributed by atoms with van der Waals surface area (Å²) in [7, 11) is 5.03. The van der Waals surface area contributed by atoms with E-state index in [-0.39, 0.29) is 24.2 Å². The van der Waals surface area contributed by atoms with E-state index in [0.717, 1.165) is 49.0 Å². The van der Waals surface area contributed by atoms with E-state index < -0.39 is 17.6 Å². The zero-order valence-corrected chi connectivity index (χ0v) is 35.2. The van der Waals surface area contributed by atoms with Crippen LogP contribution in [0.4, 0.5) is 0 Å². The Kier molecular flexibility index (Phi) is 17.2. The summed E-state index contributed by atoms with van der Waals surface area (Å²) in [6.07, 6.45) is 11.7. The molecule has 1 saturated heterocycles. The van der Waals surface area contributed by atoms with Gasteiger partial charge in [0.25, 0.3) is 0 Å². The summed E-state index contributed by atoms with van der Waals surface area (Å²) < 4.78 is 11.3. The molecular weight excluding hydrogens is 761 g/mol. The molecule has 14 heteroatoms. The fourth-order valence-electron chi connectivity index (χ4n) is 8.16. The molecule has 0 aromatic heterocycles. The first kappa shape index (κ1) is 44.1. The van der Waals surface area contributed by atoms with Crippen molar-refractivity contribution in [1.29, 1.82) is 0 Å². The number of allylic oxidation sites excluding steroid dienone is 2. The molecular formula is C43H62N6O6S2. The minimum Gasteiger partial charge on any atom is -0.504 e. The largest absolute Gasteiger partial charge is 0.504 e. The van der Waals surface area contributed by atoms with Crippen molar-refractivity contribution in [2.75, 3.05) is 38.4 Å². The number of aromatic hydroxyl groups is 1. The summed E-state index contributed by atoms with van der Waals surface area (Å²) in [5, 5.41) is 28.8. The number of dihydropyridines is 1. The van der Waals surface area contributed by atoms with E-state index in [9.17, 15) is 19.8 Å². The number of benzene rings is 2. The third kappa shape index (κ3) is 14.4. The van der Waals surface area contributed by atoms with E-state index in [0.29, 0.717) is 99.5 Å². The van der Waals surface area contributed by atoms with E-state index in [2.05, 4.69) is 46.0 Å². The first-order chi connectivity index (χ1) is 27.5. The van der Waals surface area contributed by atoms with Gasteiger partial charge in [-0.3, -0.25) is 9.59 Å². The van der Waals surface area contributed by atoms with Gasteiger partial charge in [0.05, 0.1) is 24.9 Å². The maximum atomic E-state index is 13.8. The average molecular weight is 823 g/mol. The van der Waals surface area contributed by atoms with Crippen molar-refractivity contribution >= 4 is 39.4 Å². The maximum absolute atomic E-state index is 13.8. The number of nitrogens with one attached hydrogen (secondary N) is 2. The molecule has 4 bridgehead atoms. The van der Waals surface area contributed by atoms with Crippen molar-refractivity contribution < 1.29 is 29.3 Å². The Bertz CT molecular complexity index is 1720. The molecule has 57 heavy (non-hydrogen) atoms. The highest BCUT2D eigenvalue weighted by Crippen LogP contribution is 2.43. The number of methoxy groups -OCH3 is 1. The van der Waals surface area contributed by atoms with Crippen molar-refractivity contribution in [2.24, 2.45) is 27.8 Å². The van der Waals surface area contributed by atoms with Crippen LogP contribution >= 0.6 is 21.6 Å². The Morgan fingerprint density at radius 1 is 1.11 bits per heavy atom. The van der Waals surface area contributed by atoms with Crippen LogP contribution in [-0.4, -0.2) is 83.5 Å². The van der Waals surface area contributed by atoms with Gasteiger partial charge in [0.15, 0.2) is 17.5 Å². The van der Waals surface area contributed by atoms with E-state index in [1.54, 1.807) is 16.9 Å². The normalized spacial score (nSPS) is 24.9. The molecule has 8 N–H and O–H groups in total. The fourth-order valence-corrected chi connectivity index (χ4v) is 10.3. The smallest absolute Gasteiger partial charge is 0.302 e. The predicted octanol–water partition coefficient (Wildman–Crippen LogP) is 5.91. The van der Waals surface area contributed by atoms with Gasteiger partial charge in [0.1, 0.15) is 6.10 Å². The molecule has 2 aromatic rings. The molecule has 2 aromatic carbocycles. The molecule has 312 valence electrons. The van der Waals surface area contributed by atoms with Crippen LogP contribution in [-0.2, 0) is 33.7 Å². The topological polar surface area (TPSA) is 185 Å². The lowest BCUT2D eigenvalue weighted by molar-refractivity contribution is -0.148. The number of aliphatic imine (C=N–C) groups is 1. The van der Waals surface area contributed by atoms with Crippen LogP contribution in [0.1, 0.15) is 87.8 Å². The monoisotopic (exact) mass is 822 g/mol. The van der Waals surface area contributed by atoms with Crippen LogP contribution in [0.2, 0.25) is 0 Å². The molecule has 0 spiro atoms. The van der Waals surface area contributed by atoms with Gasteiger partial charge < -0.3 is 46.7 Å². The number of nitrogens with two attached hydrogens (primary N) is 2. The average Bonchev–Trinajstić information content (AvgIpc) is 3.48. The lowest BCUT2D eigenvalue weighted by atomic mass is 9.77. The highest BCUT2D eigenvalue weighted by molar-refractivity contribution is 8.76. The third-order valence-corrected chi connectivity index (χ3v) is 13.4. The highest BCUT2D eigenvalue weighted by Gasteiger charge is 2.43. The molecule has 3 aliphatic heterocycles. The van der Waals surface area contributed by atoms with Gasteiger partial charge in [-0.25, -0.2) is 4.99 Å². The Hall–Kier alpha value is -4.01. The first-order valence-electron chi connectivity index (χ1n) is 20.2. The van der Waals surface area contributed by atoms with Crippen molar-refractivity contribution in [3.63, 3.8) is 0 Å². The minimum atomic E-state index is -0.600. The number of phenols is 1. The predicted molar refractivity (Wildman–Crippen MR) is 230 cm³/mol. The number of hydrogen-bond acceptors (Lipinski definition) is 13. The van der Waals surface area contributed by atoms with Crippen molar-refractivity contribution in [3.8, 4) is 11.5 Å². The standard InChI is InChI=1S/C43H62N6O6S2/c1-30(50)55-37-15-14-33-20-35(41(53)38(21-33)54-2)26-49-28-43(25-40(49)52,24-34-16-18-46-39(44)22-34)17-19-47-42(45)48-29-57-56-27-32(10-6-7-11-36(51)23-37)13-12-31-8-4-3-5-9-31/h3-5,8-9,16,20-22,32,36-37,46,51,53H,6-7,10-15,17-19,23-29,44H2,1-2H3,(H3,45,47,48). The number of hydrogen-bond donors (Lipinski definition) is 6. The van der Waals surface area contributed by atoms with Crippen molar-refractivity contribution in [1.82, 2.24) is 15.5 Å². The number of phenolic OH excluding ortho intramolecular Hbond substituents is 1. The summed E-state index contributed by atoms with van der Waals surface area (Å²) in [5.74, 6) is 2.96. The number of rotatable bonds is 7. The number of carbonyl (C=O) groups is 2. The van der Waals surface area contributed by atoms with Crippen LogP contribution < -0.4 is 26.8 Å². The second-order valence-electron chi connectivity index (χ2n) is 15.8. The number of esters is 1. The Balaban J connectivity index is 1.35. The van der Waals surface area contributed by atoms with Gasteiger partial charge in [-0.2, -0.15) is 0 Å².